The van der Waals surface area contributed by atoms with E-state index in [-0.39, 0.29) is 17.3 Å². The van der Waals surface area contributed by atoms with Crippen molar-refractivity contribution in [3.05, 3.63) is 23.9 Å². The summed E-state index contributed by atoms with van der Waals surface area (Å²) in [6.45, 7) is 0.207. The highest BCUT2D eigenvalue weighted by molar-refractivity contribution is 7.89. The van der Waals surface area contributed by atoms with Crippen molar-refractivity contribution in [2.24, 2.45) is 10.9 Å². The molecule has 0 spiro atoms. The van der Waals surface area contributed by atoms with Gasteiger partial charge in [0.25, 0.3) is 0 Å². The lowest BCUT2D eigenvalue weighted by Gasteiger charge is -2.04. The van der Waals surface area contributed by atoms with E-state index in [0.717, 1.165) is 0 Å². The van der Waals surface area contributed by atoms with E-state index in [1.807, 2.05) is 0 Å². The van der Waals surface area contributed by atoms with E-state index in [0.29, 0.717) is 11.4 Å². The molecule has 88 valence electrons. The lowest BCUT2D eigenvalue weighted by atomic mass is 10.3. The van der Waals surface area contributed by atoms with E-state index >= 15 is 0 Å². The van der Waals surface area contributed by atoms with Crippen LogP contribution in [0.15, 0.2) is 18.3 Å². The van der Waals surface area contributed by atoms with Crippen molar-refractivity contribution in [3.63, 3.8) is 0 Å². The molecule has 0 saturated heterocycles. The third-order valence-corrected chi connectivity index (χ3v) is 2.75. The van der Waals surface area contributed by atoms with Gasteiger partial charge in [0, 0.05) is 18.3 Å². The number of primary sulfonamides is 1. The van der Waals surface area contributed by atoms with Crippen molar-refractivity contribution in [2.75, 3.05) is 17.6 Å². The minimum Gasteiger partial charge on any atom is -0.389 e. The van der Waals surface area contributed by atoms with Crippen molar-refractivity contribution in [3.8, 4) is 0 Å². The Hall–Kier alpha value is -1.25. The summed E-state index contributed by atoms with van der Waals surface area (Å²) in [5, 5.41) is 7.65. The molecule has 1 aromatic rings. The quantitative estimate of drug-likeness (QED) is 0.611. The molecule has 6 nitrogen and oxygen atoms in total. The molecule has 8 heteroatoms. The van der Waals surface area contributed by atoms with Crippen molar-refractivity contribution in [1.29, 1.82) is 0 Å². The molecule has 1 heterocycles. The number of thiocarbonyl (C=S) groups is 1. The summed E-state index contributed by atoms with van der Waals surface area (Å²) >= 11 is 4.76. The number of hydrogen-bond acceptors (Lipinski definition) is 5. The van der Waals surface area contributed by atoms with Gasteiger partial charge in [-0.05, 0) is 12.1 Å². The molecule has 0 atom stereocenters. The average molecular weight is 260 g/mol. The number of hydrogen-bond donors (Lipinski definition) is 3. The number of rotatable bonds is 5. The Morgan fingerprint density at radius 3 is 2.62 bits per heavy atom. The van der Waals surface area contributed by atoms with Gasteiger partial charge in [-0.15, -0.1) is 0 Å². The summed E-state index contributed by atoms with van der Waals surface area (Å²) in [6.07, 6.45) is 1.52. The first-order chi connectivity index (χ1) is 7.38. The molecule has 1 rings (SSSR count). The van der Waals surface area contributed by atoms with Crippen molar-refractivity contribution in [1.82, 2.24) is 4.98 Å². The number of pyridine rings is 1. The van der Waals surface area contributed by atoms with Gasteiger partial charge in [-0.2, -0.15) is 0 Å². The van der Waals surface area contributed by atoms with Gasteiger partial charge in [0.1, 0.15) is 10.8 Å². The summed E-state index contributed by atoms with van der Waals surface area (Å²) in [4.78, 5) is 4.27. The first kappa shape index (κ1) is 12.8. The molecule has 0 aliphatic rings. The van der Waals surface area contributed by atoms with Gasteiger partial charge in [0.05, 0.1) is 5.75 Å². The van der Waals surface area contributed by atoms with Gasteiger partial charge >= 0.3 is 0 Å². The van der Waals surface area contributed by atoms with Crippen LogP contribution < -0.4 is 16.2 Å². The zero-order chi connectivity index (χ0) is 12.2. The lowest BCUT2D eigenvalue weighted by molar-refractivity contribution is 0.598. The Balaban J connectivity index is 2.53. The third kappa shape index (κ3) is 4.51. The molecule has 1 aromatic heterocycles. The Labute approximate surface area is 99.1 Å². The molecule has 0 radical (unpaired) electrons. The van der Waals surface area contributed by atoms with Crippen LogP contribution in [0.5, 0.6) is 0 Å². The molecule has 0 aliphatic heterocycles. The van der Waals surface area contributed by atoms with Gasteiger partial charge < -0.3 is 11.1 Å². The number of anilines is 1. The molecule has 0 unspecified atom stereocenters. The van der Waals surface area contributed by atoms with Gasteiger partial charge in [0.2, 0.25) is 10.0 Å². The van der Waals surface area contributed by atoms with Crippen molar-refractivity contribution < 1.29 is 8.42 Å². The summed E-state index contributed by atoms with van der Waals surface area (Å²) in [5.74, 6) is 0.398. The first-order valence-corrected chi connectivity index (χ1v) is 6.51. The van der Waals surface area contributed by atoms with Gasteiger partial charge in [-0.3, -0.25) is 0 Å². The van der Waals surface area contributed by atoms with Gasteiger partial charge in [-0.25, -0.2) is 18.5 Å². The second kappa shape index (κ2) is 5.19. The Kier molecular flexibility index (Phi) is 4.16. The zero-order valence-corrected chi connectivity index (χ0v) is 10.0. The highest BCUT2D eigenvalue weighted by atomic mass is 32.2. The van der Waals surface area contributed by atoms with Crippen molar-refractivity contribution >= 4 is 33.0 Å². The second-order valence-corrected chi connectivity index (χ2v) is 5.26. The average Bonchev–Trinajstić information content (AvgIpc) is 2.16. The SMILES string of the molecule is NC(=S)c1ccc(NCCS(N)(=O)=O)nc1. The predicted molar refractivity (Wildman–Crippen MR) is 66.6 cm³/mol. The van der Waals surface area contributed by atoms with E-state index in [1.54, 1.807) is 12.1 Å². The summed E-state index contributed by atoms with van der Waals surface area (Å²) < 4.78 is 21.3. The third-order valence-electron chi connectivity index (χ3n) is 1.74. The topological polar surface area (TPSA) is 111 Å². The maximum absolute atomic E-state index is 10.6. The Morgan fingerprint density at radius 1 is 1.50 bits per heavy atom. The van der Waals surface area contributed by atoms with Crippen LogP contribution in [0.25, 0.3) is 0 Å². The van der Waals surface area contributed by atoms with E-state index in [1.165, 1.54) is 6.20 Å². The molecular weight excluding hydrogens is 248 g/mol. The van der Waals surface area contributed by atoms with E-state index in [9.17, 15) is 8.42 Å². The number of nitrogens with one attached hydrogen (secondary N) is 1. The fourth-order valence-electron chi connectivity index (χ4n) is 0.966. The normalized spacial score (nSPS) is 11.1. The molecule has 16 heavy (non-hydrogen) atoms. The summed E-state index contributed by atoms with van der Waals surface area (Å²) in [7, 11) is -3.45. The van der Waals surface area contributed by atoms with Gasteiger partial charge in [0.15, 0.2) is 0 Å². The van der Waals surface area contributed by atoms with Crippen LogP contribution in [-0.4, -0.2) is 30.7 Å². The van der Waals surface area contributed by atoms with Crippen LogP contribution in [-0.2, 0) is 10.0 Å². The van der Waals surface area contributed by atoms with Crippen LogP contribution in [0.1, 0.15) is 5.56 Å². The highest BCUT2D eigenvalue weighted by Crippen LogP contribution is 2.04. The predicted octanol–water partition coefficient (Wildman–Crippen LogP) is -0.584. The number of nitrogens with zero attached hydrogens (tertiary/aromatic N) is 1. The molecule has 0 fully saturated rings. The summed E-state index contributed by atoms with van der Waals surface area (Å²) in [6, 6.07) is 3.37. The van der Waals surface area contributed by atoms with Crippen LogP contribution in [0, 0.1) is 0 Å². The Morgan fingerprint density at radius 2 is 2.19 bits per heavy atom. The fraction of sp³-hybridized carbons (Fsp3) is 0.250. The molecule has 0 aromatic carbocycles. The smallest absolute Gasteiger partial charge is 0.210 e. The standard InChI is InChI=1S/C8H12N4O2S2/c9-8(15)6-1-2-7(12-5-6)11-3-4-16(10,13)14/h1-2,5H,3-4H2,(H2,9,15)(H,11,12)(H2,10,13,14). The fourth-order valence-corrected chi connectivity index (χ4v) is 1.47. The van der Waals surface area contributed by atoms with E-state index in [2.05, 4.69) is 10.3 Å². The van der Waals surface area contributed by atoms with Crippen molar-refractivity contribution in [2.45, 2.75) is 0 Å². The van der Waals surface area contributed by atoms with Crippen LogP contribution in [0.4, 0.5) is 5.82 Å². The van der Waals surface area contributed by atoms with Gasteiger partial charge in [-0.1, -0.05) is 12.2 Å². The number of aromatic nitrogens is 1. The lowest BCUT2D eigenvalue weighted by Crippen LogP contribution is -2.22. The van der Waals surface area contributed by atoms with Crippen LogP contribution >= 0.6 is 12.2 Å². The maximum atomic E-state index is 10.6. The molecular formula is C8H12N4O2S2. The maximum Gasteiger partial charge on any atom is 0.210 e. The van der Waals surface area contributed by atoms with E-state index < -0.39 is 10.0 Å². The summed E-state index contributed by atoms with van der Waals surface area (Å²) in [5.41, 5.74) is 6.06. The monoisotopic (exact) mass is 260 g/mol. The number of sulfonamides is 1. The Bertz CT molecular complexity index is 469. The molecule has 0 aliphatic carbocycles. The molecule has 0 amide bonds. The van der Waals surface area contributed by atoms with Crippen LogP contribution in [0.2, 0.25) is 0 Å². The first-order valence-electron chi connectivity index (χ1n) is 4.39. The van der Waals surface area contributed by atoms with Crippen LogP contribution in [0.3, 0.4) is 0 Å². The van der Waals surface area contributed by atoms with E-state index in [4.69, 9.17) is 23.1 Å². The minimum atomic E-state index is -3.45. The minimum absolute atomic E-state index is 0.147. The molecule has 0 bridgehead atoms. The molecule has 0 saturated carbocycles. The molecule has 5 N–H and O–H groups in total. The largest absolute Gasteiger partial charge is 0.389 e. The zero-order valence-electron chi connectivity index (χ0n) is 8.38. The number of nitrogens with two attached hydrogens (primary N) is 2. The second-order valence-electron chi connectivity index (χ2n) is 3.09. The highest BCUT2D eigenvalue weighted by Gasteiger charge is 2.02.